The van der Waals surface area contributed by atoms with E-state index in [9.17, 15) is 0 Å². The Morgan fingerprint density at radius 3 is 2.62 bits per heavy atom. The normalized spacial score (nSPS) is 12.3. The van der Waals surface area contributed by atoms with Crippen LogP contribution < -0.4 is 5.73 Å². The van der Waals surface area contributed by atoms with Gasteiger partial charge in [0.15, 0.2) is 0 Å². The van der Waals surface area contributed by atoms with Crippen molar-refractivity contribution < 1.29 is 0 Å². The molecule has 3 aromatic rings. The van der Waals surface area contributed by atoms with Crippen molar-refractivity contribution in [2.24, 2.45) is 5.73 Å². The first-order chi connectivity index (χ1) is 10.2. The molecule has 0 spiro atoms. The van der Waals surface area contributed by atoms with Gasteiger partial charge < -0.3 is 5.73 Å². The zero-order valence-corrected chi connectivity index (χ0v) is 12.2. The van der Waals surface area contributed by atoms with Gasteiger partial charge in [-0.2, -0.15) is 4.68 Å². The van der Waals surface area contributed by atoms with E-state index in [0.717, 1.165) is 16.3 Å². The lowest BCUT2D eigenvalue weighted by Crippen LogP contribution is -2.05. The van der Waals surface area contributed by atoms with Crippen molar-refractivity contribution in [1.82, 2.24) is 25.2 Å². The van der Waals surface area contributed by atoms with Crippen molar-refractivity contribution in [3.05, 3.63) is 54.2 Å². The molecular formula is C14H14N6S. The number of nitrogens with two attached hydrogens (primary N) is 1. The molecule has 0 radical (unpaired) electrons. The van der Waals surface area contributed by atoms with Crippen molar-refractivity contribution in [3.8, 4) is 5.69 Å². The molecule has 3 rings (SSSR count). The molecule has 106 valence electrons. The number of aromatic nitrogens is 5. The molecule has 1 unspecified atom stereocenters. The molecule has 0 saturated carbocycles. The summed E-state index contributed by atoms with van der Waals surface area (Å²) in [7, 11) is 0. The number of benzene rings is 1. The fourth-order valence-corrected chi connectivity index (χ4v) is 2.52. The van der Waals surface area contributed by atoms with Crippen LogP contribution in [0.25, 0.3) is 5.69 Å². The summed E-state index contributed by atoms with van der Waals surface area (Å²) in [6.07, 6.45) is 1.78. The third-order valence-electron chi connectivity index (χ3n) is 2.92. The number of para-hydroxylation sites is 1. The monoisotopic (exact) mass is 298 g/mol. The minimum absolute atomic E-state index is 0.0220. The van der Waals surface area contributed by atoms with Gasteiger partial charge in [-0.3, -0.25) is 0 Å². The predicted molar refractivity (Wildman–Crippen MR) is 80.1 cm³/mol. The van der Waals surface area contributed by atoms with Crippen molar-refractivity contribution in [1.29, 1.82) is 0 Å². The zero-order chi connectivity index (χ0) is 14.7. The van der Waals surface area contributed by atoms with Crippen LogP contribution in [-0.2, 0) is 0 Å². The molecule has 6 nitrogen and oxygen atoms in total. The largest absolute Gasteiger partial charge is 0.324 e. The van der Waals surface area contributed by atoms with E-state index in [2.05, 4.69) is 20.5 Å². The Morgan fingerprint density at radius 1 is 1.14 bits per heavy atom. The number of hydrogen-bond acceptors (Lipinski definition) is 6. The van der Waals surface area contributed by atoms with Crippen LogP contribution in [0.3, 0.4) is 0 Å². The average molecular weight is 298 g/mol. The Kier molecular flexibility index (Phi) is 3.94. The van der Waals surface area contributed by atoms with Gasteiger partial charge in [0.25, 0.3) is 0 Å². The molecule has 0 aliphatic heterocycles. The van der Waals surface area contributed by atoms with Crippen LogP contribution in [0.2, 0.25) is 0 Å². The Labute approximate surface area is 126 Å². The van der Waals surface area contributed by atoms with Gasteiger partial charge in [-0.1, -0.05) is 24.3 Å². The van der Waals surface area contributed by atoms with E-state index >= 15 is 0 Å². The molecule has 7 heteroatoms. The first-order valence-electron chi connectivity index (χ1n) is 6.47. The van der Waals surface area contributed by atoms with Gasteiger partial charge in [0.1, 0.15) is 5.03 Å². The number of tetrazole rings is 1. The van der Waals surface area contributed by atoms with E-state index in [4.69, 9.17) is 5.73 Å². The minimum atomic E-state index is -0.0220. The Morgan fingerprint density at radius 2 is 1.95 bits per heavy atom. The molecule has 1 aromatic carbocycles. The van der Waals surface area contributed by atoms with E-state index in [1.54, 1.807) is 10.9 Å². The lowest BCUT2D eigenvalue weighted by atomic mass is 10.2. The number of nitrogens with zero attached hydrogens (tertiary/aromatic N) is 5. The standard InChI is InChI=1S/C14H14N6S/c1-10(15)11-7-8-13(16-9-11)21-14-17-18-19-20(14)12-5-3-2-4-6-12/h2-10H,15H2,1H3. The van der Waals surface area contributed by atoms with Crippen LogP contribution in [0.1, 0.15) is 18.5 Å². The molecule has 0 bridgehead atoms. The Bertz CT molecular complexity index is 708. The van der Waals surface area contributed by atoms with Crippen molar-refractivity contribution >= 4 is 11.8 Å². The van der Waals surface area contributed by atoms with Crippen LogP contribution in [-0.4, -0.2) is 25.2 Å². The summed E-state index contributed by atoms with van der Waals surface area (Å²) in [5.74, 6) is 0. The maximum atomic E-state index is 5.82. The zero-order valence-electron chi connectivity index (χ0n) is 11.4. The summed E-state index contributed by atoms with van der Waals surface area (Å²) in [5.41, 5.74) is 7.73. The minimum Gasteiger partial charge on any atom is -0.324 e. The van der Waals surface area contributed by atoms with E-state index in [-0.39, 0.29) is 6.04 Å². The van der Waals surface area contributed by atoms with E-state index < -0.39 is 0 Å². The lowest BCUT2D eigenvalue weighted by Gasteiger charge is -2.06. The molecular weight excluding hydrogens is 284 g/mol. The van der Waals surface area contributed by atoms with Crippen molar-refractivity contribution in [2.75, 3.05) is 0 Å². The highest BCUT2D eigenvalue weighted by molar-refractivity contribution is 7.99. The molecule has 0 amide bonds. The number of pyridine rings is 1. The van der Waals surface area contributed by atoms with Gasteiger partial charge in [-0.05, 0) is 52.9 Å². The van der Waals surface area contributed by atoms with Gasteiger partial charge in [0, 0.05) is 12.2 Å². The highest BCUT2D eigenvalue weighted by Gasteiger charge is 2.11. The van der Waals surface area contributed by atoms with E-state index in [0.29, 0.717) is 5.16 Å². The first-order valence-corrected chi connectivity index (χ1v) is 7.29. The third kappa shape index (κ3) is 3.09. The van der Waals surface area contributed by atoms with E-state index in [1.807, 2.05) is 49.4 Å². The third-order valence-corrected chi connectivity index (χ3v) is 3.81. The molecule has 21 heavy (non-hydrogen) atoms. The molecule has 1 atom stereocenters. The highest BCUT2D eigenvalue weighted by Crippen LogP contribution is 2.25. The van der Waals surface area contributed by atoms with Gasteiger partial charge in [-0.15, -0.1) is 5.10 Å². The smallest absolute Gasteiger partial charge is 0.220 e. The highest BCUT2D eigenvalue weighted by atomic mass is 32.2. The van der Waals surface area contributed by atoms with Gasteiger partial charge in [0.05, 0.1) is 5.69 Å². The molecule has 0 aliphatic carbocycles. The van der Waals surface area contributed by atoms with Crippen LogP contribution >= 0.6 is 11.8 Å². The number of rotatable bonds is 4. The van der Waals surface area contributed by atoms with E-state index in [1.165, 1.54) is 11.8 Å². The summed E-state index contributed by atoms with van der Waals surface area (Å²) in [5, 5.41) is 13.3. The molecule has 2 aromatic heterocycles. The van der Waals surface area contributed by atoms with Crippen LogP contribution in [0.15, 0.2) is 58.8 Å². The summed E-state index contributed by atoms with van der Waals surface area (Å²) in [6.45, 7) is 1.93. The Balaban J connectivity index is 1.84. The summed E-state index contributed by atoms with van der Waals surface area (Å²) < 4.78 is 1.69. The van der Waals surface area contributed by atoms with Gasteiger partial charge >= 0.3 is 0 Å². The Hall–Kier alpha value is -2.25. The predicted octanol–water partition coefficient (Wildman–Crippen LogP) is 2.23. The summed E-state index contributed by atoms with van der Waals surface area (Å²) in [4.78, 5) is 4.38. The van der Waals surface area contributed by atoms with Crippen molar-refractivity contribution in [3.63, 3.8) is 0 Å². The molecule has 2 heterocycles. The maximum absolute atomic E-state index is 5.82. The second-order valence-corrected chi connectivity index (χ2v) is 5.52. The molecule has 2 N–H and O–H groups in total. The van der Waals surface area contributed by atoms with Crippen LogP contribution in [0, 0.1) is 0 Å². The topological polar surface area (TPSA) is 82.5 Å². The van der Waals surface area contributed by atoms with Crippen LogP contribution in [0.4, 0.5) is 0 Å². The van der Waals surface area contributed by atoms with Crippen LogP contribution in [0.5, 0.6) is 0 Å². The summed E-state index contributed by atoms with van der Waals surface area (Å²) in [6, 6.07) is 13.6. The fourth-order valence-electron chi connectivity index (χ4n) is 1.79. The van der Waals surface area contributed by atoms with Gasteiger partial charge in [-0.25, -0.2) is 4.98 Å². The molecule has 0 saturated heterocycles. The molecule has 0 fully saturated rings. The second-order valence-electron chi connectivity index (χ2n) is 4.53. The van der Waals surface area contributed by atoms with Crippen molar-refractivity contribution in [2.45, 2.75) is 23.1 Å². The fraction of sp³-hybridized carbons (Fsp3) is 0.143. The maximum Gasteiger partial charge on any atom is 0.220 e. The second kappa shape index (κ2) is 6.02. The summed E-state index contributed by atoms with van der Waals surface area (Å²) >= 11 is 1.41. The number of hydrogen-bond donors (Lipinski definition) is 1. The average Bonchev–Trinajstić information content (AvgIpc) is 2.97. The molecule has 0 aliphatic rings. The lowest BCUT2D eigenvalue weighted by molar-refractivity contribution is 0.755. The van der Waals surface area contributed by atoms with Gasteiger partial charge in [0.2, 0.25) is 5.16 Å². The first kappa shape index (κ1) is 13.7. The SMILES string of the molecule is CC(N)c1ccc(Sc2nnnn2-c2ccccc2)nc1. The quantitative estimate of drug-likeness (QED) is 0.795.